The van der Waals surface area contributed by atoms with Crippen molar-refractivity contribution < 1.29 is 13.9 Å². The summed E-state index contributed by atoms with van der Waals surface area (Å²) in [5, 5.41) is 12.7. The van der Waals surface area contributed by atoms with E-state index in [1.54, 1.807) is 18.2 Å². The Morgan fingerprint density at radius 3 is 2.63 bits per heavy atom. The van der Waals surface area contributed by atoms with Crippen LogP contribution in [0.5, 0.6) is 5.75 Å². The molecule has 8 heteroatoms. The molecule has 2 aliphatic rings. The van der Waals surface area contributed by atoms with Crippen molar-refractivity contribution in [1.29, 1.82) is 0 Å². The van der Waals surface area contributed by atoms with Gasteiger partial charge in [0.05, 0.1) is 5.75 Å². The number of hydrogen-bond acceptors (Lipinski definition) is 5. The molecule has 5 unspecified atom stereocenters. The fraction of sp³-hybridized carbons (Fsp3) is 0.500. The summed E-state index contributed by atoms with van der Waals surface area (Å²) in [5.41, 5.74) is 1.27. The van der Waals surface area contributed by atoms with Crippen molar-refractivity contribution in [2.75, 3.05) is 5.75 Å². The Bertz CT molecular complexity index is 1220. The minimum atomic E-state index is -0.396. The summed E-state index contributed by atoms with van der Waals surface area (Å²) >= 11 is 1.41. The molecule has 5 rings (SSSR count). The van der Waals surface area contributed by atoms with Crippen LogP contribution in [0, 0.1) is 23.6 Å². The SMILES string of the molecule is CC(CCc1ccccc1)NC(=O)CSc1nnc(COc2ccccc2F)n1C(C)C1CC2CCC1C2. The highest BCUT2D eigenvalue weighted by molar-refractivity contribution is 7.99. The Morgan fingerprint density at radius 1 is 1.11 bits per heavy atom. The number of hydrogen-bond donors (Lipinski definition) is 1. The number of carbonyl (C=O) groups is 1. The molecule has 0 radical (unpaired) electrons. The summed E-state index contributed by atoms with van der Waals surface area (Å²) in [6.07, 6.45) is 6.97. The van der Waals surface area contributed by atoms with E-state index in [-0.39, 0.29) is 36.1 Å². The van der Waals surface area contributed by atoms with Crippen molar-refractivity contribution in [1.82, 2.24) is 20.1 Å². The largest absolute Gasteiger partial charge is 0.483 e. The van der Waals surface area contributed by atoms with Gasteiger partial charge in [-0.1, -0.05) is 60.6 Å². The first-order chi connectivity index (χ1) is 18.5. The average Bonchev–Trinajstić information content (AvgIpc) is 3.67. The third-order valence-electron chi connectivity index (χ3n) is 8.20. The van der Waals surface area contributed by atoms with Crippen LogP contribution in [0.4, 0.5) is 4.39 Å². The van der Waals surface area contributed by atoms with Gasteiger partial charge < -0.3 is 10.1 Å². The summed E-state index contributed by atoms with van der Waals surface area (Å²) in [6, 6.07) is 17.0. The molecule has 38 heavy (non-hydrogen) atoms. The second-order valence-corrected chi connectivity index (χ2v) is 11.8. The lowest BCUT2D eigenvalue weighted by atomic mass is 9.84. The highest BCUT2D eigenvalue weighted by Crippen LogP contribution is 2.52. The number of aryl methyl sites for hydroxylation is 1. The summed E-state index contributed by atoms with van der Waals surface area (Å²) in [5.74, 6) is 2.84. The van der Waals surface area contributed by atoms with Gasteiger partial charge in [0.25, 0.3) is 0 Å². The molecule has 2 fully saturated rings. The van der Waals surface area contributed by atoms with Crippen molar-refractivity contribution in [3.8, 4) is 5.75 Å². The zero-order valence-corrected chi connectivity index (χ0v) is 23.0. The summed E-state index contributed by atoms with van der Waals surface area (Å²) in [6.45, 7) is 4.41. The van der Waals surface area contributed by atoms with Crippen molar-refractivity contribution in [3.05, 3.63) is 71.8 Å². The third-order valence-corrected chi connectivity index (χ3v) is 9.14. The molecular formula is C30H37FN4O2S. The van der Waals surface area contributed by atoms with Gasteiger partial charge in [0.1, 0.15) is 6.61 Å². The van der Waals surface area contributed by atoms with E-state index in [4.69, 9.17) is 4.74 Å². The maximum absolute atomic E-state index is 14.2. The predicted octanol–water partition coefficient (Wildman–Crippen LogP) is 6.22. The number of para-hydroxylation sites is 1. The molecule has 2 bridgehead atoms. The molecule has 0 aliphatic heterocycles. The second kappa shape index (κ2) is 12.3. The van der Waals surface area contributed by atoms with Crippen LogP contribution in [0.25, 0.3) is 0 Å². The molecule has 6 nitrogen and oxygen atoms in total. The van der Waals surface area contributed by atoms with E-state index >= 15 is 0 Å². The predicted molar refractivity (Wildman–Crippen MR) is 147 cm³/mol. The molecule has 3 aromatic rings. The molecule has 1 amide bonds. The molecule has 0 spiro atoms. The first kappa shape index (κ1) is 26.7. The Labute approximate surface area is 228 Å². The van der Waals surface area contributed by atoms with Gasteiger partial charge in [-0.25, -0.2) is 4.39 Å². The number of thioether (sulfide) groups is 1. The Hall–Kier alpha value is -2.87. The second-order valence-electron chi connectivity index (χ2n) is 10.8. The van der Waals surface area contributed by atoms with Crippen molar-refractivity contribution in [2.45, 2.75) is 76.2 Å². The molecule has 1 heterocycles. The first-order valence-electron chi connectivity index (χ1n) is 13.7. The van der Waals surface area contributed by atoms with Crippen LogP contribution in [-0.2, 0) is 17.8 Å². The van der Waals surface area contributed by atoms with Gasteiger partial charge in [-0.05, 0) is 81.4 Å². The normalized spacial score (nSPS) is 21.8. The Kier molecular flexibility index (Phi) is 8.67. The number of amides is 1. The van der Waals surface area contributed by atoms with E-state index in [0.29, 0.717) is 11.7 Å². The summed E-state index contributed by atoms with van der Waals surface area (Å²) in [7, 11) is 0. The molecular weight excluding hydrogens is 499 g/mol. The van der Waals surface area contributed by atoms with Crippen LogP contribution in [-0.4, -0.2) is 32.5 Å². The maximum atomic E-state index is 14.2. The lowest BCUT2D eigenvalue weighted by Crippen LogP contribution is -2.34. The van der Waals surface area contributed by atoms with Crippen molar-refractivity contribution >= 4 is 17.7 Å². The van der Waals surface area contributed by atoms with Crippen molar-refractivity contribution in [2.24, 2.45) is 17.8 Å². The molecule has 5 atom stereocenters. The van der Waals surface area contributed by atoms with Gasteiger partial charge in [-0.2, -0.15) is 0 Å². The topological polar surface area (TPSA) is 69.0 Å². The van der Waals surface area contributed by atoms with Gasteiger partial charge in [-0.15, -0.1) is 10.2 Å². The summed E-state index contributed by atoms with van der Waals surface area (Å²) in [4.78, 5) is 12.8. The Morgan fingerprint density at radius 2 is 1.89 bits per heavy atom. The Balaban J connectivity index is 1.23. The molecule has 2 aliphatic carbocycles. The minimum Gasteiger partial charge on any atom is -0.483 e. The number of benzene rings is 2. The summed E-state index contributed by atoms with van der Waals surface area (Å²) < 4.78 is 22.1. The number of halogens is 1. The van der Waals surface area contributed by atoms with Gasteiger partial charge in [0.2, 0.25) is 5.91 Å². The lowest BCUT2D eigenvalue weighted by Gasteiger charge is -2.30. The fourth-order valence-corrected chi connectivity index (χ4v) is 7.09. The van der Waals surface area contributed by atoms with E-state index in [0.717, 1.165) is 29.8 Å². The van der Waals surface area contributed by atoms with Crippen LogP contribution in [0.2, 0.25) is 0 Å². The van der Waals surface area contributed by atoms with Gasteiger partial charge in [0.15, 0.2) is 22.5 Å². The van der Waals surface area contributed by atoms with Gasteiger partial charge in [-0.3, -0.25) is 9.36 Å². The van der Waals surface area contributed by atoms with Gasteiger partial charge >= 0.3 is 0 Å². The van der Waals surface area contributed by atoms with E-state index in [1.807, 2.05) is 25.1 Å². The number of fused-ring (bicyclic) bond motifs is 2. The maximum Gasteiger partial charge on any atom is 0.230 e. The van der Waals surface area contributed by atoms with E-state index in [9.17, 15) is 9.18 Å². The van der Waals surface area contributed by atoms with Crippen molar-refractivity contribution in [3.63, 3.8) is 0 Å². The molecule has 202 valence electrons. The highest BCUT2D eigenvalue weighted by Gasteiger charge is 2.43. The fourth-order valence-electron chi connectivity index (χ4n) is 6.24. The zero-order chi connectivity index (χ0) is 26.5. The standard InChI is InChI=1S/C30H37FN4O2S/c1-20(12-13-22-8-4-3-5-9-22)32-29(36)19-38-30-34-33-28(18-37-27-11-7-6-10-26(27)31)35(30)21(2)25-17-23-14-15-24(25)16-23/h3-11,20-21,23-25H,12-19H2,1-2H3,(H,32,36). The monoisotopic (exact) mass is 536 g/mol. The van der Waals surface area contributed by atoms with Gasteiger partial charge in [0, 0.05) is 12.1 Å². The third kappa shape index (κ3) is 6.40. The van der Waals surface area contributed by atoms with Crippen LogP contribution >= 0.6 is 11.8 Å². The molecule has 1 aromatic heterocycles. The first-order valence-corrected chi connectivity index (χ1v) is 14.7. The minimum absolute atomic E-state index is 0.0122. The number of ether oxygens (including phenoxy) is 1. The number of nitrogens with zero attached hydrogens (tertiary/aromatic N) is 3. The van der Waals surface area contributed by atoms with E-state index in [1.165, 1.54) is 49.1 Å². The van der Waals surface area contributed by atoms with Crippen LogP contribution < -0.4 is 10.1 Å². The zero-order valence-electron chi connectivity index (χ0n) is 22.2. The molecule has 0 saturated heterocycles. The number of carbonyl (C=O) groups excluding carboxylic acids is 1. The van der Waals surface area contributed by atoms with E-state index < -0.39 is 5.82 Å². The number of nitrogens with one attached hydrogen (secondary N) is 1. The van der Waals surface area contributed by atoms with Crippen LogP contribution in [0.15, 0.2) is 59.8 Å². The lowest BCUT2D eigenvalue weighted by molar-refractivity contribution is -0.119. The average molecular weight is 537 g/mol. The van der Waals surface area contributed by atoms with E-state index in [2.05, 4.69) is 39.1 Å². The number of rotatable bonds is 12. The number of aromatic nitrogens is 3. The van der Waals surface area contributed by atoms with Crippen LogP contribution in [0.1, 0.15) is 63.4 Å². The van der Waals surface area contributed by atoms with Crippen LogP contribution in [0.3, 0.4) is 0 Å². The molecule has 2 saturated carbocycles. The molecule has 2 aromatic carbocycles. The molecule has 1 N–H and O–H groups in total. The smallest absolute Gasteiger partial charge is 0.230 e. The highest BCUT2D eigenvalue weighted by atomic mass is 32.2. The quantitative estimate of drug-likeness (QED) is 0.278.